The summed E-state index contributed by atoms with van der Waals surface area (Å²) in [5.74, 6) is 1.67. The third-order valence-corrected chi connectivity index (χ3v) is 3.50. The van der Waals surface area contributed by atoms with Crippen molar-refractivity contribution >= 4 is 0 Å². The van der Waals surface area contributed by atoms with Gasteiger partial charge in [-0.3, -0.25) is 0 Å². The van der Waals surface area contributed by atoms with Gasteiger partial charge in [-0.2, -0.15) is 0 Å². The fourth-order valence-corrected chi connectivity index (χ4v) is 2.40. The Balaban J connectivity index is 2.34. The molecule has 0 aliphatic carbocycles. The predicted molar refractivity (Wildman–Crippen MR) is 60.3 cm³/mol. The monoisotopic (exact) mass is 199 g/mol. The molecule has 0 saturated carbocycles. The minimum absolute atomic E-state index is 0.164. The highest BCUT2D eigenvalue weighted by molar-refractivity contribution is 4.81. The van der Waals surface area contributed by atoms with Crippen molar-refractivity contribution in [3.8, 4) is 0 Å². The van der Waals surface area contributed by atoms with E-state index in [1.807, 2.05) is 6.92 Å². The molecule has 84 valence electrons. The molecule has 3 atom stereocenters. The van der Waals surface area contributed by atoms with Gasteiger partial charge in [0.1, 0.15) is 0 Å². The van der Waals surface area contributed by atoms with E-state index in [1.54, 1.807) is 0 Å². The van der Waals surface area contributed by atoms with E-state index in [2.05, 4.69) is 25.7 Å². The summed E-state index contributed by atoms with van der Waals surface area (Å²) >= 11 is 0. The fraction of sp³-hybridized carbons (Fsp3) is 1.00. The molecule has 1 N–H and O–H groups in total. The summed E-state index contributed by atoms with van der Waals surface area (Å²) in [5, 5.41) is 9.33. The summed E-state index contributed by atoms with van der Waals surface area (Å²) in [6.07, 6.45) is 2.08. The molecule has 1 saturated heterocycles. The average molecular weight is 199 g/mol. The van der Waals surface area contributed by atoms with Crippen LogP contribution in [0.4, 0.5) is 0 Å². The topological polar surface area (TPSA) is 23.5 Å². The lowest BCUT2D eigenvalue weighted by atomic mass is 9.95. The third-order valence-electron chi connectivity index (χ3n) is 3.50. The molecule has 0 aromatic heterocycles. The third kappa shape index (κ3) is 3.25. The molecule has 1 aliphatic heterocycles. The molecule has 0 aromatic carbocycles. The minimum atomic E-state index is -0.164. The van der Waals surface area contributed by atoms with Crippen molar-refractivity contribution in [3.05, 3.63) is 0 Å². The first kappa shape index (κ1) is 12.0. The zero-order valence-corrected chi connectivity index (χ0v) is 10.0. The molecule has 2 nitrogen and oxygen atoms in total. The van der Waals surface area contributed by atoms with Gasteiger partial charge in [-0.15, -0.1) is 0 Å². The van der Waals surface area contributed by atoms with Crippen molar-refractivity contribution in [1.82, 2.24) is 4.90 Å². The SMILES string of the molecule is CC(O)CC(C)N1CCC(C(C)C)C1. The van der Waals surface area contributed by atoms with Crippen LogP contribution in [-0.4, -0.2) is 35.2 Å². The van der Waals surface area contributed by atoms with E-state index in [9.17, 15) is 5.11 Å². The van der Waals surface area contributed by atoms with Gasteiger partial charge in [0.2, 0.25) is 0 Å². The van der Waals surface area contributed by atoms with Crippen LogP contribution in [0.1, 0.15) is 40.5 Å². The Bertz CT molecular complexity index is 168. The summed E-state index contributed by atoms with van der Waals surface area (Å²) in [4.78, 5) is 2.53. The smallest absolute Gasteiger partial charge is 0.0526 e. The van der Waals surface area contributed by atoms with E-state index in [0.717, 1.165) is 18.3 Å². The Morgan fingerprint density at radius 2 is 1.93 bits per heavy atom. The Morgan fingerprint density at radius 1 is 1.29 bits per heavy atom. The van der Waals surface area contributed by atoms with Gasteiger partial charge in [-0.25, -0.2) is 0 Å². The van der Waals surface area contributed by atoms with E-state index in [4.69, 9.17) is 0 Å². The number of aliphatic hydroxyl groups excluding tert-OH is 1. The molecule has 2 heteroatoms. The molecule has 0 spiro atoms. The molecule has 1 fully saturated rings. The molecule has 1 rings (SSSR count). The lowest BCUT2D eigenvalue weighted by molar-refractivity contribution is 0.130. The van der Waals surface area contributed by atoms with Gasteiger partial charge in [-0.1, -0.05) is 13.8 Å². The van der Waals surface area contributed by atoms with E-state index >= 15 is 0 Å². The van der Waals surface area contributed by atoms with E-state index in [0.29, 0.717) is 6.04 Å². The van der Waals surface area contributed by atoms with Gasteiger partial charge in [-0.05, 0) is 45.1 Å². The molecule has 0 amide bonds. The van der Waals surface area contributed by atoms with Crippen LogP contribution in [0.25, 0.3) is 0 Å². The minimum Gasteiger partial charge on any atom is -0.393 e. The molecule has 1 aliphatic rings. The van der Waals surface area contributed by atoms with Crippen LogP contribution >= 0.6 is 0 Å². The highest BCUT2D eigenvalue weighted by atomic mass is 16.3. The molecule has 3 unspecified atom stereocenters. The number of nitrogens with zero attached hydrogens (tertiary/aromatic N) is 1. The van der Waals surface area contributed by atoms with E-state index < -0.39 is 0 Å². The first-order chi connectivity index (χ1) is 6.50. The maximum Gasteiger partial charge on any atom is 0.0526 e. The maximum atomic E-state index is 9.33. The van der Waals surface area contributed by atoms with Crippen molar-refractivity contribution in [3.63, 3.8) is 0 Å². The summed E-state index contributed by atoms with van der Waals surface area (Å²) < 4.78 is 0. The zero-order valence-electron chi connectivity index (χ0n) is 10.0. The van der Waals surface area contributed by atoms with Crippen LogP contribution in [-0.2, 0) is 0 Å². The quantitative estimate of drug-likeness (QED) is 0.749. The Kier molecular flexibility index (Phi) is 4.39. The normalized spacial score (nSPS) is 28.3. The van der Waals surface area contributed by atoms with Gasteiger partial charge >= 0.3 is 0 Å². The van der Waals surface area contributed by atoms with Crippen molar-refractivity contribution in [1.29, 1.82) is 0 Å². The van der Waals surface area contributed by atoms with Crippen LogP contribution in [0.2, 0.25) is 0 Å². The van der Waals surface area contributed by atoms with Crippen molar-refractivity contribution in [2.45, 2.75) is 52.7 Å². The number of aliphatic hydroxyl groups is 1. The van der Waals surface area contributed by atoms with E-state index in [1.165, 1.54) is 19.5 Å². The highest BCUT2D eigenvalue weighted by Crippen LogP contribution is 2.25. The molecule has 0 bridgehead atoms. The standard InChI is InChI=1S/C12H25NO/c1-9(2)12-5-6-13(8-12)10(3)7-11(4)14/h9-12,14H,5-8H2,1-4H3. The van der Waals surface area contributed by atoms with Crippen molar-refractivity contribution in [2.75, 3.05) is 13.1 Å². The predicted octanol–water partition coefficient (Wildman–Crippen LogP) is 2.12. The average Bonchev–Trinajstić information content (AvgIpc) is 2.50. The van der Waals surface area contributed by atoms with Gasteiger partial charge in [0.25, 0.3) is 0 Å². The van der Waals surface area contributed by atoms with Crippen LogP contribution in [0, 0.1) is 11.8 Å². The second kappa shape index (κ2) is 5.13. The molecular formula is C12H25NO. The van der Waals surface area contributed by atoms with E-state index in [-0.39, 0.29) is 6.10 Å². The Labute approximate surface area is 88.3 Å². The number of hydrogen-bond donors (Lipinski definition) is 1. The molecule has 0 radical (unpaired) electrons. The van der Waals surface area contributed by atoms with Crippen LogP contribution in [0.5, 0.6) is 0 Å². The number of likely N-dealkylation sites (tertiary alicyclic amines) is 1. The second-order valence-electron chi connectivity index (χ2n) is 5.22. The summed E-state index contributed by atoms with van der Waals surface area (Å²) in [7, 11) is 0. The molecule has 1 heterocycles. The molecular weight excluding hydrogens is 174 g/mol. The number of rotatable bonds is 4. The summed E-state index contributed by atoms with van der Waals surface area (Å²) in [5.41, 5.74) is 0. The van der Waals surface area contributed by atoms with Gasteiger partial charge in [0.05, 0.1) is 6.10 Å². The molecule has 0 aromatic rings. The molecule has 14 heavy (non-hydrogen) atoms. The van der Waals surface area contributed by atoms with Gasteiger partial charge in [0, 0.05) is 12.6 Å². The Hall–Kier alpha value is -0.0800. The largest absolute Gasteiger partial charge is 0.393 e. The highest BCUT2D eigenvalue weighted by Gasteiger charge is 2.27. The number of hydrogen-bond acceptors (Lipinski definition) is 2. The first-order valence-electron chi connectivity index (χ1n) is 5.92. The van der Waals surface area contributed by atoms with Crippen LogP contribution < -0.4 is 0 Å². The van der Waals surface area contributed by atoms with Gasteiger partial charge in [0.15, 0.2) is 0 Å². The fourth-order valence-electron chi connectivity index (χ4n) is 2.40. The van der Waals surface area contributed by atoms with Crippen molar-refractivity contribution < 1.29 is 5.11 Å². The lowest BCUT2D eigenvalue weighted by Gasteiger charge is -2.26. The van der Waals surface area contributed by atoms with Crippen LogP contribution in [0.15, 0.2) is 0 Å². The van der Waals surface area contributed by atoms with Crippen molar-refractivity contribution in [2.24, 2.45) is 11.8 Å². The van der Waals surface area contributed by atoms with Crippen LogP contribution in [0.3, 0.4) is 0 Å². The summed E-state index contributed by atoms with van der Waals surface area (Å²) in [6.45, 7) is 11.2. The maximum absolute atomic E-state index is 9.33. The lowest BCUT2D eigenvalue weighted by Crippen LogP contribution is -2.33. The Morgan fingerprint density at radius 3 is 2.36 bits per heavy atom. The zero-order chi connectivity index (χ0) is 10.7. The first-order valence-corrected chi connectivity index (χ1v) is 5.92. The second-order valence-corrected chi connectivity index (χ2v) is 5.22. The summed E-state index contributed by atoms with van der Waals surface area (Å²) in [6, 6.07) is 0.541. The van der Waals surface area contributed by atoms with Gasteiger partial charge < -0.3 is 10.0 Å².